The number of anilines is 1. The summed E-state index contributed by atoms with van der Waals surface area (Å²) in [5.74, 6) is 1.03. The molecule has 4 rings (SSSR count). The number of nitrogens with one attached hydrogen (secondary N) is 1. The molecule has 0 fully saturated rings. The fourth-order valence-corrected chi connectivity index (χ4v) is 3.74. The number of rotatable bonds is 7. The van der Waals surface area contributed by atoms with Gasteiger partial charge in [-0.25, -0.2) is 0 Å². The molecule has 1 amide bonds. The van der Waals surface area contributed by atoms with Crippen LogP contribution in [0.5, 0.6) is 0 Å². The number of nitrogens with zero attached hydrogens (tertiary/aromatic N) is 5. The number of carbonyl (C=O) groups is 1. The predicted octanol–water partition coefficient (Wildman–Crippen LogP) is 4.05. The Kier molecular flexibility index (Phi) is 5.89. The van der Waals surface area contributed by atoms with Gasteiger partial charge >= 0.3 is 6.01 Å². The third kappa shape index (κ3) is 4.41. The molecule has 0 aliphatic carbocycles. The summed E-state index contributed by atoms with van der Waals surface area (Å²) in [6, 6.07) is 17.5. The van der Waals surface area contributed by atoms with Gasteiger partial charge in [0.25, 0.3) is 0 Å². The van der Waals surface area contributed by atoms with Gasteiger partial charge in [-0.05, 0) is 32.0 Å². The van der Waals surface area contributed by atoms with Crippen LogP contribution in [0.1, 0.15) is 12.5 Å². The van der Waals surface area contributed by atoms with Crippen molar-refractivity contribution in [2.45, 2.75) is 25.5 Å². The maximum absolute atomic E-state index is 12.3. The van der Waals surface area contributed by atoms with Gasteiger partial charge in [0.1, 0.15) is 0 Å². The molecule has 0 unspecified atom stereocenters. The first-order chi connectivity index (χ1) is 14.6. The molecule has 4 aromatic rings. The number of hydrogen-bond donors (Lipinski definition) is 1. The van der Waals surface area contributed by atoms with Crippen LogP contribution in [0.25, 0.3) is 22.8 Å². The molecule has 0 radical (unpaired) electrons. The van der Waals surface area contributed by atoms with Gasteiger partial charge in [0.05, 0.1) is 5.75 Å². The van der Waals surface area contributed by atoms with Gasteiger partial charge in [0.2, 0.25) is 11.8 Å². The van der Waals surface area contributed by atoms with Crippen molar-refractivity contribution >= 4 is 23.7 Å². The van der Waals surface area contributed by atoms with E-state index in [4.69, 9.17) is 4.42 Å². The summed E-state index contributed by atoms with van der Waals surface area (Å²) < 4.78 is 7.51. The maximum atomic E-state index is 12.3. The average molecular weight is 420 g/mol. The lowest BCUT2D eigenvalue weighted by molar-refractivity contribution is -0.113. The van der Waals surface area contributed by atoms with Crippen molar-refractivity contribution in [1.82, 2.24) is 25.0 Å². The fourth-order valence-electron chi connectivity index (χ4n) is 2.93. The molecule has 0 spiro atoms. The molecular formula is C21H20N6O2S. The van der Waals surface area contributed by atoms with Crippen molar-refractivity contribution in [3.8, 4) is 22.8 Å². The molecular weight excluding hydrogens is 400 g/mol. The summed E-state index contributed by atoms with van der Waals surface area (Å²) in [5.41, 5.74) is 2.95. The molecule has 2 aromatic heterocycles. The van der Waals surface area contributed by atoms with E-state index in [1.54, 1.807) is 0 Å². The largest absolute Gasteiger partial charge is 0.403 e. The van der Waals surface area contributed by atoms with Crippen LogP contribution in [-0.4, -0.2) is 36.6 Å². The van der Waals surface area contributed by atoms with Crippen molar-refractivity contribution in [3.63, 3.8) is 0 Å². The van der Waals surface area contributed by atoms with E-state index in [0.29, 0.717) is 17.6 Å². The Morgan fingerprint density at radius 2 is 1.83 bits per heavy atom. The summed E-state index contributed by atoms with van der Waals surface area (Å²) in [7, 11) is 0. The van der Waals surface area contributed by atoms with Crippen LogP contribution in [-0.2, 0) is 11.3 Å². The number of amides is 1. The van der Waals surface area contributed by atoms with Gasteiger partial charge in [-0.1, -0.05) is 58.8 Å². The second kappa shape index (κ2) is 8.91. The standard InChI is InChI=1S/C21H20N6O2S/c1-3-27-18(16-11-7-8-14(2)12-16)23-26-21(27)30-13-17(28)22-20-25-24-19(29-20)15-9-5-4-6-10-15/h4-12H,3,13H2,1-2H3,(H,22,25,28). The molecule has 0 aliphatic heterocycles. The van der Waals surface area contributed by atoms with Gasteiger partial charge < -0.3 is 8.98 Å². The van der Waals surface area contributed by atoms with Crippen LogP contribution in [0.15, 0.2) is 64.2 Å². The number of carbonyl (C=O) groups excluding carboxylic acids is 1. The minimum absolute atomic E-state index is 0.0665. The molecule has 0 saturated heterocycles. The zero-order valence-corrected chi connectivity index (χ0v) is 17.4. The van der Waals surface area contributed by atoms with E-state index < -0.39 is 0 Å². The van der Waals surface area contributed by atoms with Crippen molar-refractivity contribution in [1.29, 1.82) is 0 Å². The summed E-state index contributed by atoms with van der Waals surface area (Å²) in [6.07, 6.45) is 0. The predicted molar refractivity (Wildman–Crippen MR) is 115 cm³/mol. The molecule has 152 valence electrons. The summed E-state index contributed by atoms with van der Waals surface area (Å²) >= 11 is 1.31. The van der Waals surface area contributed by atoms with Crippen molar-refractivity contribution in [3.05, 3.63) is 60.2 Å². The summed E-state index contributed by atoms with van der Waals surface area (Å²) in [5, 5.41) is 19.7. The lowest BCUT2D eigenvalue weighted by Gasteiger charge is -2.07. The fraction of sp³-hybridized carbons (Fsp3) is 0.190. The second-order valence-corrected chi connectivity index (χ2v) is 7.48. The van der Waals surface area contributed by atoms with E-state index in [-0.39, 0.29) is 17.7 Å². The Labute approximate surface area is 177 Å². The molecule has 1 N–H and O–H groups in total. The second-order valence-electron chi connectivity index (χ2n) is 6.54. The first-order valence-electron chi connectivity index (χ1n) is 9.46. The van der Waals surface area contributed by atoms with Gasteiger partial charge in [0, 0.05) is 17.7 Å². The number of hydrogen-bond acceptors (Lipinski definition) is 7. The van der Waals surface area contributed by atoms with Crippen LogP contribution >= 0.6 is 11.8 Å². The molecule has 0 aliphatic rings. The van der Waals surface area contributed by atoms with E-state index in [9.17, 15) is 4.79 Å². The Morgan fingerprint density at radius 1 is 1.03 bits per heavy atom. The first-order valence-corrected chi connectivity index (χ1v) is 10.4. The molecule has 2 aromatic carbocycles. The van der Waals surface area contributed by atoms with E-state index >= 15 is 0 Å². The number of aryl methyl sites for hydroxylation is 1. The third-order valence-corrected chi connectivity index (χ3v) is 5.30. The van der Waals surface area contributed by atoms with E-state index in [2.05, 4.69) is 31.8 Å². The molecule has 30 heavy (non-hydrogen) atoms. The van der Waals surface area contributed by atoms with Gasteiger partial charge in [-0.2, -0.15) is 0 Å². The Balaban J connectivity index is 1.40. The van der Waals surface area contributed by atoms with Crippen LogP contribution < -0.4 is 5.32 Å². The van der Waals surface area contributed by atoms with Crippen LogP contribution in [0.4, 0.5) is 6.01 Å². The Bertz CT molecular complexity index is 1160. The zero-order chi connectivity index (χ0) is 20.9. The Hall–Kier alpha value is -3.46. The van der Waals surface area contributed by atoms with Gasteiger partial charge in [0.15, 0.2) is 11.0 Å². The van der Waals surface area contributed by atoms with Gasteiger partial charge in [-0.15, -0.1) is 15.3 Å². The number of benzene rings is 2. The highest BCUT2D eigenvalue weighted by Crippen LogP contribution is 2.25. The van der Waals surface area contributed by atoms with Crippen LogP contribution in [0.2, 0.25) is 0 Å². The maximum Gasteiger partial charge on any atom is 0.322 e. The van der Waals surface area contributed by atoms with Crippen LogP contribution in [0.3, 0.4) is 0 Å². The number of aromatic nitrogens is 5. The molecule has 9 heteroatoms. The molecule has 8 nitrogen and oxygen atoms in total. The third-order valence-electron chi connectivity index (χ3n) is 4.33. The highest BCUT2D eigenvalue weighted by molar-refractivity contribution is 7.99. The molecule has 2 heterocycles. The smallest absolute Gasteiger partial charge is 0.322 e. The average Bonchev–Trinajstić information content (AvgIpc) is 3.39. The van der Waals surface area contributed by atoms with E-state index in [1.165, 1.54) is 11.8 Å². The van der Waals surface area contributed by atoms with E-state index in [1.807, 2.05) is 66.9 Å². The molecule has 0 bridgehead atoms. The minimum Gasteiger partial charge on any atom is -0.403 e. The van der Waals surface area contributed by atoms with Crippen molar-refractivity contribution in [2.24, 2.45) is 0 Å². The highest BCUT2D eigenvalue weighted by Gasteiger charge is 2.16. The van der Waals surface area contributed by atoms with Crippen molar-refractivity contribution in [2.75, 3.05) is 11.1 Å². The van der Waals surface area contributed by atoms with E-state index in [0.717, 1.165) is 22.5 Å². The van der Waals surface area contributed by atoms with Gasteiger partial charge in [-0.3, -0.25) is 10.1 Å². The minimum atomic E-state index is -0.258. The molecule has 0 saturated carbocycles. The zero-order valence-electron chi connectivity index (χ0n) is 16.6. The summed E-state index contributed by atoms with van der Waals surface area (Å²) in [6.45, 7) is 4.76. The quantitative estimate of drug-likeness (QED) is 0.450. The monoisotopic (exact) mass is 420 g/mol. The topological polar surface area (TPSA) is 98.7 Å². The first kappa shape index (κ1) is 19.8. The molecule has 0 atom stereocenters. The van der Waals surface area contributed by atoms with Crippen LogP contribution in [0, 0.1) is 6.92 Å². The normalized spacial score (nSPS) is 10.9. The number of thioether (sulfide) groups is 1. The lowest BCUT2D eigenvalue weighted by atomic mass is 10.1. The SMILES string of the molecule is CCn1c(SCC(=O)Nc2nnc(-c3ccccc3)o2)nnc1-c1cccc(C)c1. The summed E-state index contributed by atoms with van der Waals surface area (Å²) in [4.78, 5) is 12.3. The highest BCUT2D eigenvalue weighted by atomic mass is 32.2. The lowest BCUT2D eigenvalue weighted by Crippen LogP contribution is -2.15. The Morgan fingerprint density at radius 3 is 2.60 bits per heavy atom. The van der Waals surface area contributed by atoms with Crippen molar-refractivity contribution < 1.29 is 9.21 Å².